The van der Waals surface area contributed by atoms with Gasteiger partial charge in [0.05, 0.1) is 18.6 Å². The van der Waals surface area contributed by atoms with Crippen molar-refractivity contribution in [2.24, 2.45) is 0 Å². The number of unbranched alkanes of at least 4 members (excludes halogenated alkanes) is 10. The maximum absolute atomic E-state index is 13.4. The topological polar surface area (TPSA) is 65.1 Å². The summed E-state index contributed by atoms with van der Waals surface area (Å²) in [6.07, 6.45) is 16.1. The van der Waals surface area contributed by atoms with Gasteiger partial charge in [0, 0.05) is 18.4 Å². The molecule has 2 fully saturated rings. The van der Waals surface area contributed by atoms with Crippen LogP contribution in [0, 0.1) is 0 Å². The van der Waals surface area contributed by atoms with E-state index in [2.05, 4.69) is 24.9 Å². The van der Waals surface area contributed by atoms with Gasteiger partial charge in [-0.2, -0.15) is 0 Å². The average Bonchev–Trinajstić information content (AvgIpc) is 3.27. The Morgan fingerprint density at radius 3 is 2.39 bits per heavy atom. The van der Waals surface area contributed by atoms with E-state index in [0.717, 1.165) is 37.8 Å². The van der Waals surface area contributed by atoms with Crippen LogP contribution in [0.15, 0.2) is 12.1 Å². The van der Waals surface area contributed by atoms with E-state index in [1.54, 1.807) is 7.11 Å². The molecule has 4 atom stereocenters. The minimum Gasteiger partial charge on any atom is -0.493 e. The predicted octanol–water partition coefficient (Wildman–Crippen LogP) is 6.30. The molecule has 2 heterocycles. The van der Waals surface area contributed by atoms with Gasteiger partial charge in [-0.25, -0.2) is 0 Å². The molecule has 6 heteroatoms. The maximum Gasteiger partial charge on any atom is 0.306 e. The highest BCUT2D eigenvalue weighted by molar-refractivity contribution is 5.90. The summed E-state index contributed by atoms with van der Waals surface area (Å²) in [5.41, 5.74) is 0.912. The zero-order valence-electron chi connectivity index (χ0n) is 23.8. The van der Waals surface area contributed by atoms with Crippen LogP contribution in [0.25, 0.3) is 0 Å². The van der Waals surface area contributed by atoms with Gasteiger partial charge < -0.3 is 14.2 Å². The summed E-state index contributed by atoms with van der Waals surface area (Å²) in [4.78, 5) is 29.0. The second-order valence-corrected chi connectivity index (χ2v) is 12.2. The van der Waals surface area contributed by atoms with Gasteiger partial charge >= 0.3 is 5.97 Å². The van der Waals surface area contributed by atoms with Crippen molar-refractivity contribution in [2.75, 3.05) is 20.7 Å². The van der Waals surface area contributed by atoms with E-state index in [4.69, 9.17) is 14.2 Å². The third-order valence-corrected chi connectivity index (χ3v) is 9.97. The number of piperidine rings is 1. The summed E-state index contributed by atoms with van der Waals surface area (Å²) in [6.45, 7) is 3.11. The van der Waals surface area contributed by atoms with Gasteiger partial charge in [-0.1, -0.05) is 77.2 Å². The lowest BCUT2D eigenvalue weighted by atomic mass is 9.49. The molecule has 6 nitrogen and oxygen atoms in total. The molecule has 0 N–H and O–H groups in total. The number of likely N-dealkylation sites (N-methyl/N-ethyl adjacent to an activating group) is 1. The number of carbonyl (C=O) groups is 2. The van der Waals surface area contributed by atoms with Crippen molar-refractivity contribution in [3.8, 4) is 11.5 Å². The molecule has 2 aliphatic carbocycles. The van der Waals surface area contributed by atoms with Crippen LogP contribution < -0.4 is 9.47 Å². The van der Waals surface area contributed by atoms with Gasteiger partial charge in [-0.3, -0.25) is 14.5 Å². The highest BCUT2D eigenvalue weighted by atomic mass is 16.6. The summed E-state index contributed by atoms with van der Waals surface area (Å²) in [6, 6.07) is 4.12. The van der Waals surface area contributed by atoms with Crippen molar-refractivity contribution in [1.82, 2.24) is 4.90 Å². The zero-order valence-corrected chi connectivity index (χ0v) is 23.8. The van der Waals surface area contributed by atoms with E-state index in [1.807, 2.05) is 6.07 Å². The lowest BCUT2D eigenvalue weighted by Gasteiger charge is -2.63. The lowest BCUT2D eigenvalue weighted by Crippen LogP contribution is -2.77. The Labute approximate surface area is 228 Å². The molecule has 2 bridgehead atoms. The largest absolute Gasteiger partial charge is 0.493 e. The number of Topliss-reactive ketones (excluding diaryl/α,β-unsaturated/α-hetero) is 1. The summed E-state index contributed by atoms with van der Waals surface area (Å²) in [7, 11) is 3.78. The third-order valence-electron chi connectivity index (χ3n) is 9.97. The zero-order chi connectivity index (χ0) is 26.8. The molecule has 0 radical (unpaired) electrons. The molecule has 5 rings (SSSR count). The fourth-order valence-electron chi connectivity index (χ4n) is 8.05. The number of methoxy groups -OCH3 is 1. The van der Waals surface area contributed by atoms with E-state index >= 15 is 0 Å². The number of nitrogens with zero attached hydrogens (tertiary/aromatic N) is 1. The number of benzene rings is 1. The van der Waals surface area contributed by atoms with Crippen molar-refractivity contribution in [3.63, 3.8) is 0 Å². The number of esters is 1. The molecule has 0 unspecified atom stereocenters. The lowest BCUT2D eigenvalue weighted by molar-refractivity contribution is -0.213. The first-order valence-electron chi connectivity index (χ1n) is 15.3. The van der Waals surface area contributed by atoms with Crippen LogP contribution >= 0.6 is 0 Å². The van der Waals surface area contributed by atoms with E-state index < -0.39 is 17.1 Å². The molecule has 1 saturated carbocycles. The van der Waals surface area contributed by atoms with E-state index in [1.165, 1.54) is 63.4 Å². The van der Waals surface area contributed by atoms with E-state index in [0.29, 0.717) is 30.8 Å². The molecule has 1 saturated heterocycles. The minimum atomic E-state index is -0.738. The number of hydrogen-bond acceptors (Lipinski definition) is 6. The normalized spacial score (nSPS) is 29.1. The van der Waals surface area contributed by atoms with Crippen LogP contribution in [0.3, 0.4) is 0 Å². The Kier molecular flexibility index (Phi) is 8.37. The van der Waals surface area contributed by atoms with Gasteiger partial charge in [0.1, 0.15) is 5.60 Å². The first kappa shape index (κ1) is 27.5. The maximum atomic E-state index is 13.4. The number of hydrogen-bond donors (Lipinski definition) is 0. The fraction of sp³-hybridized carbons (Fsp3) is 0.750. The molecule has 1 aromatic carbocycles. The summed E-state index contributed by atoms with van der Waals surface area (Å²) in [5, 5.41) is 0. The molecule has 0 aromatic heterocycles. The minimum absolute atomic E-state index is 0.0450. The SMILES string of the molecule is CCCCCCCCCCCCCC(=O)O[C@@]12CCC(=O)[C@@H]3Oc4c(OC)ccc5c4[C@@]31CCN(C)[C@@H]2C5. The molecular weight excluding hydrogens is 478 g/mol. The Morgan fingerprint density at radius 2 is 1.71 bits per heavy atom. The van der Waals surface area contributed by atoms with Crippen molar-refractivity contribution in [1.29, 1.82) is 0 Å². The average molecular weight is 526 g/mol. The first-order valence-corrected chi connectivity index (χ1v) is 15.3. The monoisotopic (exact) mass is 525 g/mol. The summed E-state index contributed by atoms with van der Waals surface area (Å²) >= 11 is 0. The molecule has 0 amide bonds. The quantitative estimate of drug-likeness (QED) is 0.210. The second kappa shape index (κ2) is 11.6. The number of carbonyl (C=O) groups excluding carboxylic acids is 2. The molecule has 2 aliphatic heterocycles. The van der Waals surface area contributed by atoms with Gasteiger partial charge in [0.2, 0.25) is 0 Å². The number of rotatable bonds is 14. The van der Waals surface area contributed by atoms with Gasteiger partial charge in [0.15, 0.2) is 23.4 Å². The van der Waals surface area contributed by atoms with Gasteiger partial charge in [-0.15, -0.1) is 0 Å². The van der Waals surface area contributed by atoms with Gasteiger partial charge in [-0.05, 0) is 50.9 Å². The summed E-state index contributed by atoms with van der Waals surface area (Å²) in [5.74, 6) is 1.36. The van der Waals surface area contributed by atoms with E-state index in [-0.39, 0.29) is 17.8 Å². The van der Waals surface area contributed by atoms with E-state index in [9.17, 15) is 9.59 Å². The fourth-order valence-corrected chi connectivity index (χ4v) is 8.05. The third kappa shape index (κ3) is 4.55. The first-order chi connectivity index (χ1) is 18.5. The molecule has 1 aromatic rings. The van der Waals surface area contributed by atoms with Crippen LogP contribution in [0.1, 0.15) is 114 Å². The smallest absolute Gasteiger partial charge is 0.306 e. The van der Waals surface area contributed by atoms with Crippen LogP contribution in [-0.2, 0) is 26.2 Å². The van der Waals surface area contributed by atoms with Crippen LogP contribution in [0.2, 0.25) is 0 Å². The Balaban J connectivity index is 1.24. The van der Waals surface area contributed by atoms with Crippen LogP contribution in [0.4, 0.5) is 0 Å². The van der Waals surface area contributed by atoms with Crippen molar-refractivity contribution in [3.05, 3.63) is 23.3 Å². The van der Waals surface area contributed by atoms with Gasteiger partial charge in [0.25, 0.3) is 0 Å². The highest BCUT2D eigenvalue weighted by Gasteiger charge is 2.75. The van der Waals surface area contributed by atoms with Crippen LogP contribution in [0.5, 0.6) is 11.5 Å². The Hall–Kier alpha value is -2.08. The Morgan fingerprint density at radius 1 is 1.03 bits per heavy atom. The second-order valence-electron chi connectivity index (χ2n) is 12.2. The van der Waals surface area contributed by atoms with Crippen LogP contribution in [-0.4, -0.2) is 55.1 Å². The molecule has 38 heavy (non-hydrogen) atoms. The van der Waals surface area contributed by atoms with Crippen molar-refractivity contribution in [2.45, 2.75) is 133 Å². The predicted molar refractivity (Wildman–Crippen MR) is 148 cm³/mol. The molecular formula is C32H47NO5. The molecule has 4 aliphatic rings. The molecule has 1 spiro atoms. The standard InChI is InChI=1S/C32H47NO5/c1-4-5-6-7-8-9-10-11-12-13-14-15-27(35)38-32-19-18-24(34)30-31(32)20-21-33(2)26(32)22-23-16-17-25(36-3)29(37-30)28(23)31/h16-17,26,30H,4-15,18-22H2,1-3H3/t26-,30+,31+,32-/m1/s1. The number of ketones is 1. The summed E-state index contributed by atoms with van der Waals surface area (Å²) < 4.78 is 18.7. The Bertz CT molecular complexity index is 1020. The number of ether oxygens (including phenoxy) is 3. The molecule has 210 valence electrons. The van der Waals surface area contributed by atoms with Crippen molar-refractivity contribution < 1.29 is 23.8 Å². The van der Waals surface area contributed by atoms with Crippen molar-refractivity contribution >= 4 is 11.8 Å². The number of likely N-dealkylation sites (tertiary alicyclic amines) is 1. The highest BCUT2D eigenvalue weighted by Crippen LogP contribution is 2.66.